The average Bonchev–Trinajstić information content (AvgIpc) is 2.89. The number of primary amides is 1. The minimum Gasteiger partial charge on any atom is -0.497 e. The van der Waals surface area contributed by atoms with Crippen LogP contribution in [0.25, 0.3) is 0 Å². The van der Waals surface area contributed by atoms with Gasteiger partial charge in [-0.25, -0.2) is 4.79 Å². The molecule has 1 heterocycles. The number of amides is 3. The lowest BCUT2D eigenvalue weighted by molar-refractivity contribution is -0.115. The Morgan fingerprint density at radius 3 is 2.26 bits per heavy atom. The van der Waals surface area contributed by atoms with Crippen LogP contribution >= 0.6 is 0 Å². The molecule has 0 spiro atoms. The van der Waals surface area contributed by atoms with Crippen LogP contribution in [-0.4, -0.2) is 67.9 Å². The van der Waals surface area contributed by atoms with Gasteiger partial charge in [0.25, 0.3) is 11.8 Å². The van der Waals surface area contributed by atoms with Gasteiger partial charge in [0.15, 0.2) is 0 Å². The van der Waals surface area contributed by atoms with Crippen LogP contribution in [0.4, 0.5) is 21.9 Å². The highest BCUT2D eigenvalue weighted by Crippen LogP contribution is 2.28. The number of hydrogen-bond donors (Lipinski definition) is 4. The van der Waals surface area contributed by atoms with Crippen molar-refractivity contribution >= 4 is 40.7 Å². The Morgan fingerprint density at radius 2 is 1.69 bits per heavy atom. The van der Waals surface area contributed by atoms with Crippen LogP contribution in [-0.2, 0) is 14.3 Å². The average molecular weight is 537 g/mol. The molecule has 0 radical (unpaired) electrons. The molecule has 0 fully saturated rings. The second kappa shape index (κ2) is 12.3. The van der Waals surface area contributed by atoms with Crippen molar-refractivity contribution in [2.45, 2.75) is 32.8 Å². The Labute approximate surface area is 228 Å². The lowest BCUT2D eigenvalue weighted by atomic mass is 9.98. The van der Waals surface area contributed by atoms with E-state index in [9.17, 15) is 14.4 Å². The number of anilines is 3. The lowest BCUT2D eigenvalue weighted by Gasteiger charge is -2.31. The Bertz CT molecular complexity index is 1250. The van der Waals surface area contributed by atoms with Crippen LogP contribution in [0.2, 0.25) is 0 Å². The lowest BCUT2D eigenvalue weighted by Crippen LogP contribution is -2.42. The number of hydrogen-bond acceptors (Lipinski definition) is 8. The fraction of sp³-hybridized carbons (Fsp3) is 0.357. The first-order valence-corrected chi connectivity index (χ1v) is 12.5. The summed E-state index contributed by atoms with van der Waals surface area (Å²) >= 11 is 0. The molecule has 5 N–H and O–H groups in total. The Kier molecular flexibility index (Phi) is 9.18. The first-order chi connectivity index (χ1) is 18.4. The predicted octanol–water partition coefficient (Wildman–Crippen LogP) is 3.58. The second-order valence-corrected chi connectivity index (χ2v) is 10.0. The molecule has 3 rings (SSSR count). The Balaban J connectivity index is 1.70. The van der Waals surface area contributed by atoms with E-state index < -0.39 is 17.2 Å². The van der Waals surface area contributed by atoms with Crippen molar-refractivity contribution in [3.8, 4) is 5.75 Å². The van der Waals surface area contributed by atoms with Crippen molar-refractivity contribution < 1.29 is 23.9 Å². The molecule has 11 nitrogen and oxygen atoms in total. The Morgan fingerprint density at radius 1 is 1.08 bits per heavy atom. The summed E-state index contributed by atoms with van der Waals surface area (Å²) in [4.78, 5) is 40.5. The molecule has 0 aromatic heterocycles. The maximum Gasteiger partial charge on any atom is 0.410 e. The molecular formula is C28H36N6O5. The number of methoxy groups -OCH3 is 1. The van der Waals surface area contributed by atoms with Gasteiger partial charge in [0.05, 0.1) is 7.11 Å². The highest BCUT2D eigenvalue weighted by molar-refractivity contribution is 6.44. The topological polar surface area (TPSA) is 150 Å². The number of nitrogens with one attached hydrogen (secondary N) is 3. The first-order valence-electron chi connectivity index (χ1n) is 12.5. The van der Waals surface area contributed by atoms with Crippen LogP contribution in [0, 0.1) is 5.41 Å². The highest BCUT2D eigenvalue weighted by Gasteiger charge is 2.31. The number of likely N-dealkylation sites (N-methyl/N-ethyl adjacent to an activating group) is 1. The summed E-state index contributed by atoms with van der Waals surface area (Å²) in [7, 11) is 3.24. The SMILES string of the molecule is COc1ccc(NC2=C(C(=N)C(N)=O)CCN(c3ccc(NCCN(C)C(=O)OC(C)(C)C)cc3)C2=O)cc1. The number of carbonyl (C=O) groups excluding carboxylic acids is 3. The van der Waals surface area contributed by atoms with Crippen molar-refractivity contribution in [1.82, 2.24) is 4.90 Å². The molecule has 1 aliphatic rings. The van der Waals surface area contributed by atoms with Gasteiger partial charge < -0.3 is 35.6 Å². The van der Waals surface area contributed by atoms with Gasteiger partial charge in [-0.05, 0) is 75.7 Å². The van der Waals surface area contributed by atoms with E-state index in [4.69, 9.17) is 20.6 Å². The summed E-state index contributed by atoms with van der Waals surface area (Å²) in [6.45, 7) is 6.70. The zero-order valence-corrected chi connectivity index (χ0v) is 23.0. The second-order valence-electron chi connectivity index (χ2n) is 10.0. The monoisotopic (exact) mass is 536 g/mol. The van der Waals surface area contributed by atoms with E-state index in [0.29, 0.717) is 30.2 Å². The fourth-order valence-corrected chi connectivity index (χ4v) is 3.87. The van der Waals surface area contributed by atoms with Crippen LogP contribution in [0.1, 0.15) is 27.2 Å². The van der Waals surface area contributed by atoms with Gasteiger partial charge in [-0.15, -0.1) is 0 Å². The van der Waals surface area contributed by atoms with Gasteiger partial charge in [0.2, 0.25) is 0 Å². The van der Waals surface area contributed by atoms with Gasteiger partial charge in [0.1, 0.15) is 22.8 Å². The third-order valence-electron chi connectivity index (χ3n) is 5.91. The molecule has 0 bridgehead atoms. The number of carbonyl (C=O) groups is 3. The number of rotatable bonds is 10. The zero-order valence-electron chi connectivity index (χ0n) is 23.0. The summed E-state index contributed by atoms with van der Waals surface area (Å²) in [6.07, 6.45) is -0.109. The number of ether oxygens (including phenoxy) is 2. The van der Waals surface area contributed by atoms with Crippen molar-refractivity contribution in [2.24, 2.45) is 5.73 Å². The maximum absolute atomic E-state index is 13.6. The van der Waals surface area contributed by atoms with Crippen molar-refractivity contribution in [2.75, 3.05) is 49.3 Å². The van der Waals surface area contributed by atoms with E-state index in [1.165, 1.54) is 4.90 Å². The maximum atomic E-state index is 13.6. The zero-order chi connectivity index (χ0) is 28.7. The number of nitrogens with two attached hydrogens (primary N) is 1. The Hall–Kier alpha value is -4.54. The molecule has 0 atom stereocenters. The summed E-state index contributed by atoms with van der Waals surface area (Å²) in [5, 5.41) is 14.5. The molecule has 0 aliphatic carbocycles. The van der Waals surface area contributed by atoms with E-state index in [1.54, 1.807) is 43.3 Å². The van der Waals surface area contributed by atoms with E-state index >= 15 is 0 Å². The molecule has 2 aromatic carbocycles. The van der Waals surface area contributed by atoms with Crippen LogP contribution in [0.5, 0.6) is 5.75 Å². The van der Waals surface area contributed by atoms with E-state index in [2.05, 4.69) is 10.6 Å². The largest absolute Gasteiger partial charge is 0.497 e. The molecule has 11 heteroatoms. The van der Waals surface area contributed by atoms with Gasteiger partial charge >= 0.3 is 6.09 Å². The minimum atomic E-state index is -0.895. The van der Waals surface area contributed by atoms with Crippen molar-refractivity contribution in [1.29, 1.82) is 5.41 Å². The summed E-state index contributed by atoms with van der Waals surface area (Å²) in [6, 6.07) is 14.3. The highest BCUT2D eigenvalue weighted by atomic mass is 16.6. The summed E-state index contributed by atoms with van der Waals surface area (Å²) < 4.78 is 10.5. The van der Waals surface area contributed by atoms with E-state index in [1.807, 2.05) is 45.0 Å². The molecule has 1 aliphatic heterocycles. The summed E-state index contributed by atoms with van der Waals surface area (Å²) in [5.41, 5.74) is 6.91. The molecule has 208 valence electrons. The quantitative estimate of drug-likeness (QED) is 0.339. The smallest absolute Gasteiger partial charge is 0.410 e. The minimum absolute atomic E-state index is 0.127. The molecule has 3 amide bonds. The van der Waals surface area contributed by atoms with Gasteiger partial charge in [-0.3, -0.25) is 15.0 Å². The van der Waals surface area contributed by atoms with Crippen molar-refractivity contribution in [3.63, 3.8) is 0 Å². The number of nitrogens with zero attached hydrogens (tertiary/aromatic N) is 2. The number of benzene rings is 2. The van der Waals surface area contributed by atoms with Gasteiger partial charge in [0, 0.05) is 49.3 Å². The van der Waals surface area contributed by atoms with Crippen LogP contribution < -0.4 is 26.0 Å². The molecular weight excluding hydrogens is 500 g/mol. The normalized spacial score (nSPS) is 13.6. The van der Waals surface area contributed by atoms with Crippen LogP contribution in [0.3, 0.4) is 0 Å². The third kappa shape index (κ3) is 7.73. The molecule has 2 aromatic rings. The van der Waals surface area contributed by atoms with E-state index in [0.717, 1.165) is 5.69 Å². The molecule has 0 saturated heterocycles. The van der Waals surface area contributed by atoms with E-state index in [-0.39, 0.29) is 36.2 Å². The van der Waals surface area contributed by atoms with Gasteiger partial charge in [-0.1, -0.05) is 0 Å². The third-order valence-corrected chi connectivity index (χ3v) is 5.91. The molecule has 0 saturated carbocycles. The predicted molar refractivity (Wildman–Crippen MR) is 151 cm³/mol. The van der Waals surface area contributed by atoms with Crippen molar-refractivity contribution in [3.05, 3.63) is 59.8 Å². The molecule has 39 heavy (non-hydrogen) atoms. The first kappa shape index (κ1) is 29.0. The van der Waals surface area contributed by atoms with Crippen LogP contribution in [0.15, 0.2) is 59.8 Å². The fourth-order valence-electron chi connectivity index (χ4n) is 3.87. The summed E-state index contributed by atoms with van der Waals surface area (Å²) in [5.74, 6) is -0.618. The standard InChI is InChI=1S/C28H36N6O5/c1-28(2,3)39-27(37)33(4)17-15-31-18-6-10-20(11-7-18)34-16-14-22(23(29)25(30)35)24(26(34)36)32-19-8-12-21(38-5)13-9-19/h6-13,29,31-32H,14-17H2,1-5H3,(H2,30,35). The van der Waals surface area contributed by atoms with Gasteiger partial charge in [-0.2, -0.15) is 0 Å². The molecule has 0 unspecified atom stereocenters.